The minimum Gasteiger partial charge on any atom is -0.481 e. The number of fused-ring (bicyclic) bond motifs is 1. The molecule has 3 heterocycles. The van der Waals surface area contributed by atoms with Crippen LogP contribution < -0.4 is 10.1 Å². The third kappa shape index (κ3) is 4.13. The number of halogens is 1. The van der Waals surface area contributed by atoms with E-state index in [1.807, 2.05) is 41.8 Å². The van der Waals surface area contributed by atoms with Gasteiger partial charge in [-0.2, -0.15) is 0 Å². The molecule has 3 aromatic heterocycles. The molecule has 0 saturated heterocycles. The van der Waals surface area contributed by atoms with Crippen LogP contribution in [0.1, 0.15) is 21.6 Å². The van der Waals surface area contributed by atoms with E-state index in [1.165, 1.54) is 13.3 Å². The summed E-state index contributed by atoms with van der Waals surface area (Å²) in [6.45, 7) is 2.33. The monoisotopic (exact) mass is 434 g/mol. The smallest absolute Gasteiger partial charge is 0.296 e. The Bertz CT molecular complexity index is 1280. The topological polar surface area (TPSA) is 86.1 Å². The van der Waals surface area contributed by atoms with E-state index in [1.54, 1.807) is 24.4 Å². The normalized spacial score (nSPS) is 10.8. The molecule has 156 valence electrons. The van der Waals surface area contributed by atoms with E-state index in [4.69, 9.17) is 16.3 Å². The second kappa shape index (κ2) is 8.57. The van der Waals surface area contributed by atoms with Crippen molar-refractivity contribution in [1.29, 1.82) is 0 Å². The van der Waals surface area contributed by atoms with Crippen LogP contribution in [0.5, 0.6) is 5.88 Å². The van der Waals surface area contributed by atoms with E-state index in [9.17, 15) is 9.59 Å². The number of carbonyl (C=O) groups is 2. The first-order valence-corrected chi connectivity index (χ1v) is 9.89. The number of pyridine rings is 2. The molecule has 7 nitrogen and oxygen atoms in total. The lowest BCUT2D eigenvalue weighted by Crippen LogP contribution is -2.23. The fourth-order valence-electron chi connectivity index (χ4n) is 3.44. The Morgan fingerprint density at radius 1 is 1.10 bits per heavy atom. The number of rotatable bonds is 6. The molecule has 0 radical (unpaired) electrons. The SMILES string of the molecule is COc1cc(NC(=O)C(=O)c2c(C)n(Cc3ccc(Cl)cc3)c3cccnc23)ccn1. The van der Waals surface area contributed by atoms with Crippen LogP contribution in [0.25, 0.3) is 11.0 Å². The van der Waals surface area contributed by atoms with Crippen molar-refractivity contribution >= 4 is 40.0 Å². The molecular formula is C23H19ClN4O3. The number of ether oxygens (including phenoxy) is 1. The summed E-state index contributed by atoms with van der Waals surface area (Å²) in [7, 11) is 1.48. The largest absolute Gasteiger partial charge is 0.481 e. The van der Waals surface area contributed by atoms with Crippen molar-refractivity contribution in [2.45, 2.75) is 13.5 Å². The predicted octanol–water partition coefficient (Wildman–Crippen LogP) is 4.27. The van der Waals surface area contributed by atoms with Crippen molar-refractivity contribution in [2.75, 3.05) is 12.4 Å². The summed E-state index contributed by atoms with van der Waals surface area (Å²) in [5, 5.41) is 3.26. The molecule has 0 atom stereocenters. The molecule has 4 aromatic rings. The van der Waals surface area contributed by atoms with Crippen molar-refractivity contribution in [3.63, 3.8) is 0 Å². The third-order valence-electron chi connectivity index (χ3n) is 4.97. The van der Waals surface area contributed by atoms with Gasteiger partial charge in [0.15, 0.2) is 0 Å². The molecule has 8 heteroatoms. The number of nitrogens with zero attached hydrogens (tertiary/aromatic N) is 3. The Hall–Kier alpha value is -3.71. The van der Waals surface area contributed by atoms with Gasteiger partial charge in [0.1, 0.15) is 0 Å². The molecule has 4 rings (SSSR count). The molecule has 0 aliphatic heterocycles. The van der Waals surface area contributed by atoms with Crippen LogP contribution in [0.3, 0.4) is 0 Å². The highest BCUT2D eigenvalue weighted by atomic mass is 35.5. The van der Waals surface area contributed by atoms with Crippen molar-refractivity contribution in [2.24, 2.45) is 0 Å². The highest BCUT2D eigenvalue weighted by molar-refractivity contribution is 6.48. The highest BCUT2D eigenvalue weighted by Gasteiger charge is 2.26. The van der Waals surface area contributed by atoms with Gasteiger partial charge < -0.3 is 14.6 Å². The number of anilines is 1. The van der Waals surface area contributed by atoms with Gasteiger partial charge in [-0.25, -0.2) is 4.98 Å². The number of carbonyl (C=O) groups excluding carboxylic acids is 2. The van der Waals surface area contributed by atoms with Gasteiger partial charge in [0.25, 0.3) is 11.7 Å². The minimum atomic E-state index is -0.757. The maximum atomic E-state index is 13.1. The molecule has 0 fully saturated rings. The summed E-state index contributed by atoms with van der Waals surface area (Å²) in [5.74, 6) is -1.08. The van der Waals surface area contributed by atoms with Crippen LogP contribution >= 0.6 is 11.6 Å². The molecule has 0 spiro atoms. The summed E-state index contributed by atoms with van der Waals surface area (Å²) in [5.41, 5.74) is 3.64. The molecule has 0 aliphatic carbocycles. The summed E-state index contributed by atoms with van der Waals surface area (Å²) in [6.07, 6.45) is 3.10. The van der Waals surface area contributed by atoms with E-state index >= 15 is 0 Å². The van der Waals surface area contributed by atoms with E-state index in [0.717, 1.165) is 11.1 Å². The zero-order chi connectivity index (χ0) is 22.0. The summed E-state index contributed by atoms with van der Waals surface area (Å²) < 4.78 is 7.03. The standard InChI is InChI=1S/C23H19ClN4O3/c1-14-20(22(29)23(30)27-17-9-11-25-19(12-17)31-2)21-18(4-3-10-26-21)28(14)13-15-5-7-16(24)8-6-15/h3-12H,13H2,1-2H3,(H,25,27,30). The Morgan fingerprint density at radius 2 is 1.87 bits per heavy atom. The second-order valence-corrected chi connectivity index (χ2v) is 7.35. The van der Waals surface area contributed by atoms with Crippen LogP contribution in [0.2, 0.25) is 5.02 Å². The van der Waals surface area contributed by atoms with Gasteiger partial charge in [0.05, 0.1) is 23.7 Å². The Labute approximate surface area is 183 Å². The number of aromatic nitrogens is 3. The van der Waals surface area contributed by atoms with E-state index < -0.39 is 11.7 Å². The predicted molar refractivity (Wildman–Crippen MR) is 119 cm³/mol. The average molecular weight is 435 g/mol. The lowest BCUT2D eigenvalue weighted by Gasteiger charge is -2.09. The molecule has 1 amide bonds. The maximum Gasteiger partial charge on any atom is 0.296 e. The van der Waals surface area contributed by atoms with Gasteiger partial charge in [-0.1, -0.05) is 23.7 Å². The lowest BCUT2D eigenvalue weighted by molar-refractivity contribution is -0.112. The fraction of sp³-hybridized carbons (Fsp3) is 0.130. The molecule has 1 aromatic carbocycles. The number of Topliss-reactive ketones (excluding diaryl/α,β-unsaturated/α-hetero) is 1. The Morgan fingerprint density at radius 3 is 2.61 bits per heavy atom. The number of amides is 1. The summed E-state index contributed by atoms with van der Waals surface area (Å²) in [6, 6.07) is 14.3. The van der Waals surface area contributed by atoms with Gasteiger partial charge in [-0.15, -0.1) is 0 Å². The molecule has 0 saturated carbocycles. The number of ketones is 1. The first-order valence-electron chi connectivity index (χ1n) is 9.52. The van der Waals surface area contributed by atoms with Gasteiger partial charge in [0, 0.05) is 41.4 Å². The van der Waals surface area contributed by atoms with E-state index in [0.29, 0.717) is 34.3 Å². The number of benzene rings is 1. The Balaban J connectivity index is 1.69. The molecule has 0 unspecified atom stereocenters. The van der Waals surface area contributed by atoms with Crippen molar-refractivity contribution in [1.82, 2.24) is 14.5 Å². The summed E-state index contributed by atoms with van der Waals surface area (Å²) >= 11 is 5.99. The van der Waals surface area contributed by atoms with Gasteiger partial charge in [-0.3, -0.25) is 14.6 Å². The van der Waals surface area contributed by atoms with Crippen LogP contribution in [0.15, 0.2) is 60.9 Å². The maximum absolute atomic E-state index is 13.1. The number of nitrogens with one attached hydrogen (secondary N) is 1. The minimum absolute atomic E-state index is 0.281. The quantitative estimate of drug-likeness (QED) is 0.361. The van der Waals surface area contributed by atoms with Gasteiger partial charge >= 0.3 is 0 Å². The highest BCUT2D eigenvalue weighted by Crippen LogP contribution is 2.26. The number of methoxy groups -OCH3 is 1. The lowest BCUT2D eigenvalue weighted by atomic mass is 10.1. The first-order chi connectivity index (χ1) is 15.0. The fourth-order valence-corrected chi connectivity index (χ4v) is 3.57. The van der Waals surface area contributed by atoms with Crippen LogP contribution in [-0.2, 0) is 11.3 Å². The van der Waals surface area contributed by atoms with E-state index in [-0.39, 0.29) is 5.56 Å². The molecule has 1 N–H and O–H groups in total. The van der Waals surface area contributed by atoms with Crippen molar-refractivity contribution in [3.05, 3.63) is 82.8 Å². The number of hydrogen-bond donors (Lipinski definition) is 1. The average Bonchev–Trinajstić information content (AvgIpc) is 3.06. The van der Waals surface area contributed by atoms with E-state index in [2.05, 4.69) is 15.3 Å². The number of hydrogen-bond acceptors (Lipinski definition) is 5. The summed E-state index contributed by atoms with van der Waals surface area (Å²) in [4.78, 5) is 34.2. The van der Waals surface area contributed by atoms with Gasteiger partial charge in [-0.05, 0) is 42.8 Å². The van der Waals surface area contributed by atoms with Crippen LogP contribution in [0, 0.1) is 6.92 Å². The first kappa shape index (κ1) is 20.6. The van der Waals surface area contributed by atoms with Gasteiger partial charge in [0.2, 0.25) is 5.88 Å². The van der Waals surface area contributed by atoms with Crippen molar-refractivity contribution in [3.8, 4) is 5.88 Å². The molecule has 0 bridgehead atoms. The van der Waals surface area contributed by atoms with Crippen LogP contribution in [0.4, 0.5) is 5.69 Å². The zero-order valence-corrected chi connectivity index (χ0v) is 17.7. The molecular weight excluding hydrogens is 416 g/mol. The Kier molecular flexibility index (Phi) is 5.68. The molecule has 31 heavy (non-hydrogen) atoms. The van der Waals surface area contributed by atoms with Crippen molar-refractivity contribution < 1.29 is 14.3 Å². The second-order valence-electron chi connectivity index (χ2n) is 6.91. The van der Waals surface area contributed by atoms with Crippen LogP contribution in [-0.4, -0.2) is 33.3 Å². The molecule has 0 aliphatic rings. The zero-order valence-electron chi connectivity index (χ0n) is 16.9. The third-order valence-corrected chi connectivity index (χ3v) is 5.22.